The molecule has 0 aromatic carbocycles. The van der Waals surface area contributed by atoms with Crippen LogP contribution in [-0.4, -0.2) is 19.7 Å². The smallest absolute Gasteiger partial charge is 0.193 e. The van der Waals surface area contributed by atoms with Crippen LogP contribution in [0.4, 0.5) is 0 Å². The molecule has 0 aromatic rings. The molecular formula is C20H34O2Si. The molecule has 0 saturated heterocycles. The summed E-state index contributed by atoms with van der Waals surface area (Å²) in [5, 5.41) is 0.164. The molecule has 3 heteroatoms. The molecule has 2 bridgehead atoms. The van der Waals surface area contributed by atoms with Crippen LogP contribution in [0.1, 0.15) is 60.8 Å². The van der Waals surface area contributed by atoms with E-state index in [1.165, 1.54) is 11.1 Å². The van der Waals surface area contributed by atoms with E-state index >= 15 is 0 Å². The largest absolute Gasteiger partial charge is 0.408 e. The molecule has 2 aliphatic rings. The zero-order valence-corrected chi connectivity index (χ0v) is 17.3. The van der Waals surface area contributed by atoms with Crippen LogP contribution in [0.2, 0.25) is 18.1 Å². The molecule has 0 amide bonds. The fourth-order valence-corrected chi connectivity index (χ4v) is 5.86. The second-order valence-electron chi connectivity index (χ2n) is 9.38. The number of allylic oxidation sites excluding steroid dienone is 2. The Bertz CT molecular complexity index is 567. The van der Waals surface area contributed by atoms with Crippen molar-refractivity contribution in [3.63, 3.8) is 0 Å². The van der Waals surface area contributed by atoms with Gasteiger partial charge in [0.15, 0.2) is 8.32 Å². The second-order valence-corrected chi connectivity index (χ2v) is 14.1. The van der Waals surface area contributed by atoms with E-state index in [0.717, 1.165) is 12.8 Å². The van der Waals surface area contributed by atoms with Gasteiger partial charge in [0.2, 0.25) is 0 Å². The minimum atomic E-state index is -1.92. The first-order valence-corrected chi connectivity index (χ1v) is 11.8. The van der Waals surface area contributed by atoms with E-state index < -0.39 is 8.32 Å². The summed E-state index contributed by atoms with van der Waals surface area (Å²) in [7, 11) is -1.92. The first-order valence-electron chi connectivity index (χ1n) is 8.88. The quantitative estimate of drug-likeness (QED) is 0.623. The van der Waals surface area contributed by atoms with Gasteiger partial charge in [-0.15, -0.1) is 0 Å². The SMILES string of the molecule is C=CC1=C(C)[C@]2(O[Si](C)(C)C(C)(C)C)CCC(=O)[C@H](C)[C@@]1(C)C2. The molecule has 0 aliphatic heterocycles. The molecule has 1 saturated carbocycles. The fourth-order valence-electron chi connectivity index (χ4n) is 4.25. The van der Waals surface area contributed by atoms with Gasteiger partial charge in [0.1, 0.15) is 5.78 Å². The van der Waals surface area contributed by atoms with Gasteiger partial charge in [-0.05, 0) is 49.0 Å². The highest BCUT2D eigenvalue weighted by atomic mass is 28.4. The van der Waals surface area contributed by atoms with Crippen molar-refractivity contribution in [3.8, 4) is 0 Å². The number of carbonyl (C=O) groups is 1. The highest BCUT2D eigenvalue weighted by Crippen LogP contribution is 2.59. The monoisotopic (exact) mass is 334 g/mol. The third-order valence-corrected chi connectivity index (χ3v) is 11.5. The summed E-state index contributed by atoms with van der Waals surface area (Å²) in [5.74, 6) is 0.415. The standard InChI is InChI=1S/C20H34O2Si/c1-10-16-14(2)20(22-23(8,9)18(4,5)6)12-11-17(21)15(3)19(16,7)13-20/h10,15H,1,11-13H2,2-9H3/t15-,19+,20-/m0/s1. The maximum Gasteiger partial charge on any atom is 0.193 e. The van der Waals surface area contributed by atoms with Crippen LogP contribution in [0, 0.1) is 11.3 Å². The number of fused-ring (bicyclic) bond motifs is 2. The summed E-state index contributed by atoms with van der Waals surface area (Å²) < 4.78 is 6.99. The molecule has 130 valence electrons. The molecule has 0 unspecified atom stereocenters. The predicted molar refractivity (Wildman–Crippen MR) is 100 cm³/mol. The van der Waals surface area contributed by atoms with Gasteiger partial charge >= 0.3 is 0 Å². The summed E-state index contributed by atoms with van der Waals surface area (Å²) >= 11 is 0. The lowest BCUT2D eigenvalue weighted by Crippen LogP contribution is -2.50. The Labute approximate surface area is 143 Å². The van der Waals surface area contributed by atoms with Gasteiger partial charge in [0.05, 0.1) is 5.60 Å². The Kier molecular flexibility index (Phi) is 4.40. The lowest BCUT2D eigenvalue weighted by molar-refractivity contribution is -0.124. The van der Waals surface area contributed by atoms with Crippen LogP contribution < -0.4 is 0 Å². The van der Waals surface area contributed by atoms with E-state index in [9.17, 15) is 4.79 Å². The van der Waals surface area contributed by atoms with Gasteiger partial charge in [0.25, 0.3) is 0 Å². The van der Waals surface area contributed by atoms with Crippen molar-refractivity contribution in [1.82, 2.24) is 0 Å². The van der Waals surface area contributed by atoms with Gasteiger partial charge in [-0.2, -0.15) is 0 Å². The Hall–Kier alpha value is -0.673. The number of hydrogen-bond acceptors (Lipinski definition) is 2. The topological polar surface area (TPSA) is 26.3 Å². The molecular weight excluding hydrogens is 300 g/mol. The zero-order valence-electron chi connectivity index (χ0n) is 16.3. The lowest BCUT2D eigenvalue weighted by Gasteiger charge is -2.45. The molecule has 0 heterocycles. The van der Waals surface area contributed by atoms with Crippen LogP contribution >= 0.6 is 0 Å². The lowest BCUT2D eigenvalue weighted by atomic mass is 9.71. The van der Waals surface area contributed by atoms with Crippen molar-refractivity contribution in [2.45, 2.75) is 84.5 Å². The summed E-state index contributed by atoms with van der Waals surface area (Å²) in [6, 6.07) is 0. The van der Waals surface area contributed by atoms with E-state index in [4.69, 9.17) is 4.43 Å². The highest BCUT2D eigenvalue weighted by molar-refractivity contribution is 6.74. The average molecular weight is 335 g/mol. The van der Waals surface area contributed by atoms with Gasteiger partial charge in [0, 0.05) is 17.8 Å². The molecule has 0 aromatic heterocycles. The predicted octanol–water partition coefficient (Wildman–Crippen LogP) is 5.66. The van der Waals surface area contributed by atoms with Crippen molar-refractivity contribution in [3.05, 3.63) is 23.8 Å². The first-order chi connectivity index (χ1) is 10.3. The number of ketones is 1. The van der Waals surface area contributed by atoms with Crippen LogP contribution in [0.25, 0.3) is 0 Å². The Morgan fingerprint density at radius 2 is 1.91 bits per heavy atom. The van der Waals surface area contributed by atoms with Crippen LogP contribution in [-0.2, 0) is 9.22 Å². The number of Topliss-reactive ketones (excluding diaryl/α,β-unsaturated/α-hetero) is 1. The second kappa shape index (κ2) is 5.42. The normalized spacial score (nSPS) is 35.5. The third kappa shape index (κ3) is 2.70. The average Bonchev–Trinajstić information content (AvgIpc) is 2.56. The molecule has 3 atom stereocenters. The highest BCUT2D eigenvalue weighted by Gasteiger charge is 2.58. The molecule has 0 N–H and O–H groups in total. The third-order valence-electron chi connectivity index (χ3n) is 7.03. The van der Waals surface area contributed by atoms with Crippen molar-refractivity contribution in [2.24, 2.45) is 11.3 Å². The van der Waals surface area contributed by atoms with Crippen LogP contribution in [0.5, 0.6) is 0 Å². The van der Waals surface area contributed by atoms with Crippen molar-refractivity contribution >= 4 is 14.1 Å². The maximum absolute atomic E-state index is 12.6. The Morgan fingerprint density at radius 3 is 2.39 bits per heavy atom. The van der Waals surface area contributed by atoms with Gasteiger partial charge in [-0.1, -0.05) is 47.3 Å². The van der Waals surface area contributed by atoms with Crippen molar-refractivity contribution in [1.29, 1.82) is 0 Å². The van der Waals surface area contributed by atoms with E-state index in [2.05, 4.69) is 61.2 Å². The Balaban J connectivity index is 2.56. The van der Waals surface area contributed by atoms with Crippen molar-refractivity contribution in [2.75, 3.05) is 0 Å². The van der Waals surface area contributed by atoms with E-state index in [1.807, 2.05) is 6.08 Å². The summed E-state index contributed by atoms with van der Waals surface area (Å²) in [6.07, 6.45) is 4.35. The maximum atomic E-state index is 12.6. The molecule has 0 radical (unpaired) electrons. The molecule has 2 aliphatic carbocycles. The minimum Gasteiger partial charge on any atom is -0.408 e. The Morgan fingerprint density at radius 1 is 1.35 bits per heavy atom. The summed E-state index contributed by atoms with van der Waals surface area (Å²) in [5.41, 5.74) is 2.15. The van der Waals surface area contributed by atoms with Gasteiger partial charge in [-0.3, -0.25) is 4.79 Å². The van der Waals surface area contributed by atoms with Gasteiger partial charge < -0.3 is 4.43 Å². The minimum absolute atomic E-state index is 0.0397. The zero-order chi connectivity index (χ0) is 17.8. The van der Waals surface area contributed by atoms with Crippen molar-refractivity contribution < 1.29 is 9.22 Å². The number of rotatable bonds is 3. The molecule has 2 nitrogen and oxygen atoms in total. The van der Waals surface area contributed by atoms with E-state index in [1.54, 1.807) is 0 Å². The summed E-state index contributed by atoms with van der Waals surface area (Å²) in [4.78, 5) is 12.6. The van der Waals surface area contributed by atoms with Crippen LogP contribution in [0.3, 0.4) is 0 Å². The first kappa shape index (κ1) is 18.7. The van der Waals surface area contributed by atoms with E-state index in [-0.39, 0.29) is 22.0 Å². The number of carbonyl (C=O) groups excluding carboxylic acids is 1. The number of hydrogen-bond donors (Lipinski definition) is 0. The van der Waals surface area contributed by atoms with E-state index in [0.29, 0.717) is 12.2 Å². The summed E-state index contributed by atoms with van der Waals surface area (Å²) in [6.45, 7) is 22.0. The molecule has 2 rings (SSSR count). The molecule has 1 fully saturated rings. The fraction of sp³-hybridized carbons (Fsp3) is 0.750. The molecule has 23 heavy (non-hydrogen) atoms. The van der Waals surface area contributed by atoms with Crippen LogP contribution in [0.15, 0.2) is 23.8 Å². The molecule has 0 spiro atoms. The van der Waals surface area contributed by atoms with Gasteiger partial charge in [-0.25, -0.2) is 0 Å².